The normalized spacial score (nSPS) is 15.4. The van der Waals surface area contributed by atoms with Crippen molar-refractivity contribution in [3.8, 4) is 0 Å². The highest BCUT2D eigenvalue weighted by Crippen LogP contribution is 2.32. The van der Waals surface area contributed by atoms with Crippen LogP contribution < -0.4 is 4.90 Å². The van der Waals surface area contributed by atoms with Crippen molar-refractivity contribution in [2.45, 2.75) is 17.4 Å². The standard InChI is InChI=1S/C17H18F3N3OS2/c1-12-10-25-16(21-12)26-11-15(24)23-7-5-22(6-8-23)14-4-2-3-13(9-14)17(18,19)20/h2-4,9-10H,5-8,11H2,1H3. The van der Waals surface area contributed by atoms with Crippen LogP contribution in [0.2, 0.25) is 0 Å². The largest absolute Gasteiger partial charge is 0.416 e. The predicted molar refractivity (Wildman–Crippen MR) is 97.8 cm³/mol. The van der Waals surface area contributed by atoms with Gasteiger partial charge in [-0.3, -0.25) is 4.79 Å². The summed E-state index contributed by atoms with van der Waals surface area (Å²) in [4.78, 5) is 20.3. The lowest BCUT2D eigenvalue weighted by atomic mass is 10.1. The van der Waals surface area contributed by atoms with Crippen LogP contribution in [0.25, 0.3) is 0 Å². The van der Waals surface area contributed by atoms with Gasteiger partial charge in [-0.15, -0.1) is 11.3 Å². The third kappa shape index (κ3) is 4.70. The van der Waals surface area contributed by atoms with Gasteiger partial charge in [0.15, 0.2) is 4.34 Å². The fourth-order valence-corrected chi connectivity index (χ4v) is 4.46. The summed E-state index contributed by atoms with van der Waals surface area (Å²) in [6, 6.07) is 5.33. The molecule has 0 unspecified atom stereocenters. The second-order valence-electron chi connectivity index (χ2n) is 5.96. The third-order valence-electron chi connectivity index (χ3n) is 4.09. The number of hydrogen-bond acceptors (Lipinski definition) is 5. The van der Waals surface area contributed by atoms with Crippen molar-refractivity contribution >= 4 is 34.7 Å². The van der Waals surface area contributed by atoms with Gasteiger partial charge < -0.3 is 9.80 Å². The van der Waals surface area contributed by atoms with Crippen LogP contribution in [0.1, 0.15) is 11.3 Å². The van der Waals surface area contributed by atoms with Crippen LogP contribution in [0.4, 0.5) is 18.9 Å². The van der Waals surface area contributed by atoms with E-state index in [9.17, 15) is 18.0 Å². The Morgan fingerprint density at radius 2 is 2.00 bits per heavy atom. The first-order valence-corrected chi connectivity index (χ1v) is 9.94. The third-order valence-corrected chi connectivity index (χ3v) is 6.21. The average molecular weight is 401 g/mol. The highest BCUT2D eigenvalue weighted by Gasteiger charge is 2.31. The number of halogens is 3. The molecule has 2 aromatic rings. The fourth-order valence-electron chi connectivity index (χ4n) is 2.71. The zero-order valence-electron chi connectivity index (χ0n) is 14.1. The molecule has 0 spiro atoms. The lowest BCUT2D eigenvalue weighted by Gasteiger charge is -2.36. The summed E-state index contributed by atoms with van der Waals surface area (Å²) in [5.41, 5.74) is 0.836. The summed E-state index contributed by atoms with van der Waals surface area (Å²) >= 11 is 2.94. The van der Waals surface area contributed by atoms with Gasteiger partial charge >= 0.3 is 6.18 Å². The molecule has 0 saturated carbocycles. The maximum absolute atomic E-state index is 12.9. The van der Waals surface area contributed by atoms with Gasteiger partial charge in [-0.2, -0.15) is 13.2 Å². The number of benzene rings is 1. The molecule has 1 aliphatic rings. The number of alkyl halides is 3. The van der Waals surface area contributed by atoms with Gasteiger partial charge in [-0.25, -0.2) is 4.98 Å². The summed E-state index contributed by atoms with van der Waals surface area (Å²) in [7, 11) is 0. The molecule has 1 aromatic carbocycles. The Labute approximate surface area is 158 Å². The molecule has 1 aromatic heterocycles. The zero-order chi connectivity index (χ0) is 18.7. The van der Waals surface area contributed by atoms with E-state index >= 15 is 0 Å². The van der Waals surface area contributed by atoms with Crippen LogP contribution in [-0.4, -0.2) is 47.7 Å². The van der Waals surface area contributed by atoms with Crippen molar-refractivity contribution in [3.05, 3.63) is 40.9 Å². The first-order valence-electron chi connectivity index (χ1n) is 8.08. The molecule has 1 saturated heterocycles. The topological polar surface area (TPSA) is 36.4 Å². The number of piperazine rings is 1. The van der Waals surface area contributed by atoms with Crippen molar-refractivity contribution in [2.24, 2.45) is 0 Å². The number of aryl methyl sites for hydroxylation is 1. The Balaban J connectivity index is 1.53. The SMILES string of the molecule is Cc1csc(SCC(=O)N2CCN(c3cccc(C(F)(F)F)c3)CC2)n1. The Morgan fingerprint density at radius 1 is 1.27 bits per heavy atom. The fraction of sp³-hybridized carbons (Fsp3) is 0.412. The molecule has 2 heterocycles. The Hall–Kier alpha value is -1.74. The van der Waals surface area contributed by atoms with Gasteiger partial charge in [-0.05, 0) is 25.1 Å². The van der Waals surface area contributed by atoms with E-state index in [0.29, 0.717) is 37.6 Å². The summed E-state index contributed by atoms with van der Waals surface area (Å²) in [5, 5.41) is 1.95. The van der Waals surface area contributed by atoms with Gasteiger partial charge in [0.05, 0.1) is 11.3 Å². The zero-order valence-corrected chi connectivity index (χ0v) is 15.8. The molecule has 1 aliphatic heterocycles. The number of carbonyl (C=O) groups is 1. The molecule has 140 valence electrons. The molecule has 26 heavy (non-hydrogen) atoms. The van der Waals surface area contributed by atoms with Crippen molar-refractivity contribution in [1.29, 1.82) is 0 Å². The number of rotatable bonds is 4. The molecule has 4 nitrogen and oxygen atoms in total. The summed E-state index contributed by atoms with van der Waals surface area (Å²) in [5.74, 6) is 0.364. The molecule has 0 radical (unpaired) electrons. The Kier molecular flexibility index (Phi) is 5.76. The summed E-state index contributed by atoms with van der Waals surface area (Å²) < 4.78 is 39.4. The molecule has 1 amide bonds. The molecule has 0 aliphatic carbocycles. The second-order valence-corrected chi connectivity index (χ2v) is 8.04. The molecule has 3 rings (SSSR count). The Bertz CT molecular complexity index is 771. The number of nitrogens with zero attached hydrogens (tertiary/aromatic N) is 3. The average Bonchev–Trinajstić information content (AvgIpc) is 3.04. The van der Waals surface area contributed by atoms with Crippen LogP contribution in [0.3, 0.4) is 0 Å². The van der Waals surface area contributed by atoms with Crippen molar-refractivity contribution in [2.75, 3.05) is 36.8 Å². The van der Waals surface area contributed by atoms with E-state index in [-0.39, 0.29) is 5.91 Å². The number of thioether (sulfide) groups is 1. The number of hydrogen-bond donors (Lipinski definition) is 0. The lowest BCUT2D eigenvalue weighted by molar-refractivity contribution is -0.137. The molecular weight excluding hydrogens is 383 g/mol. The lowest BCUT2D eigenvalue weighted by Crippen LogP contribution is -2.49. The van der Waals surface area contributed by atoms with Crippen LogP contribution in [0.5, 0.6) is 0 Å². The first kappa shape index (κ1) is 19.0. The quantitative estimate of drug-likeness (QED) is 0.728. The van der Waals surface area contributed by atoms with Crippen LogP contribution in [0, 0.1) is 6.92 Å². The van der Waals surface area contributed by atoms with E-state index in [1.165, 1.54) is 29.2 Å². The van der Waals surface area contributed by atoms with E-state index in [4.69, 9.17) is 0 Å². The van der Waals surface area contributed by atoms with Gasteiger partial charge in [0.25, 0.3) is 0 Å². The smallest absolute Gasteiger partial charge is 0.368 e. The number of thiazole rings is 1. The van der Waals surface area contributed by atoms with E-state index in [0.717, 1.165) is 22.2 Å². The summed E-state index contributed by atoms with van der Waals surface area (Å²) in [6.07, 6.45) is -4.35. The van der Waals surface area contributed by atoms with Crippen molar-refractivity contribution < 1.29 is 18.0 Å². The van der Waals surface area contributed by atoms with E-state index < -0.39 is 11.7 Å². The van der Waals surface area contributed by atoms with E-state index in [1.807, 2.05) is 17.2 Å². The minimum atomic E-state index is -4.35. The number of anilines is 1. The van der Waals surface area contributed by atoms with E-state index in [1.54, 1.807) is 11.0 Å². The Morgan fingerprint density at radius 3 is 2.62 bits per heavy atom. The van der Waals surface area contributed by atoms with Gasteiger partial charge in [-0.1, -0.05) is 17.8 Å². The number of carbonyl (C=O) groups excluding carboxylic acids is 1. The minimum absolute atomic E-state index is 0.0338. The van der Waals surface area contributed by atoms with Crippen LogP contribution in [0.15, 0.2) is 34.0 Å². The molecular formula is C17H18F3N3OS2. The summed E-state index contributed by atoms with van der Waals surface area (Å²) in [6.45, 7) is 3.97. The molecule has 1 fully saturated rings. The van der Waals surface area contributed by atoms with Crippen LogP contribution >= 0.6 is 23.1 Å². The van der Waals surface area contributed by atoms with Crippen molar-refractivity contribution in [1.82, 2.24) is 9.88 Å². The minimum Gasteiger partial charge on any atom is -0.368 e. The molecule has 9 heteroatoms. The number of amides is 1. The second kappa shape index (κ2) is 7.87. The van der Waals surface area contributed by atoms with E-state index in [2.05, 4.69) is 4.98 Å². The highest BCUT2D eigenvalue weighted by molar-refractivity contribution is 8.01. The maximum atomic E-state index is 12.9. The van der Waals surface area contributed by atoms with Crippen molar-refractivity contribution in [3.63, 3.8) is 0 Å². The maximum Gasteiger partial charge on any atom is 0.416 e. The van der Waals surface area contributed by atoms with Gasteiger partial charge in [0, 0.05) is 42.9 Å². The van der Waals surface area contributed by atoms with Crippen LogP contribution in [-0.2, 0) is 11.0 Å². The predicted octanol–water partition coefficient (Wildman–Crippen LogP) is 3.91. The molecule has 0 bridgehead atoms. The monoisotopic (exact) mass is 401 g/mol. The molecule has 0 atom stereocenters. The van der Waals surface area contributed by atoms with Gasteiger partial charge in [0.1, 0.15) is 0 Å². The highest BCUT2D eigenvalue weighted by atomic mass is 32.2. The first-order chi connectivity index (χ1) is 12.3. The molecule has 0 N–H and O–H groups in total. The van der Waals surface area contributed by atoms with Gasteiger partial charge in [0.2, 0.25) is 5.91 Å². The number of aromatic nitrogens is 1.